The first-order chi connectivity index (χ1) is 33.7. The summed E-state index contributed by atoms with van der Waals surface area (Å²) in [6.07, 6.45) is 8.11. The average molecular weight is 869 g/mol. The Morgan fingerprint density at radius 1 is 0.368 bits per heavy atom. The van der Waals surface area contributed by atoms with E-state index in [1.165, 1.54) is 83.0 Å². The van der Waals surface area contributed by atoms with Crippen LogP contribution in [0.2, 0.25) is 0 Å². The number of nitrogens with zero attached hydrogens (tertiary/aromatic N) is 2. The molecule has 10 aromatic carbocycles. The Morgan fingerprint density at radius 3 is 1.38 bits per heavy atom. The van der Waals surface area contributed by atoms with Gasteiger partial charge in [-0.25, -0.2) is 0 Å². The van der Waals surface area contributed by atoms with Crippen LogP contribution in [0.4, 0.5) is 17.1 Å². The molecule has 1 aromatic heterocycles. The summed E-state index contributed by atoms with van der Waals surface area (Å²) in [7, 11) is 0. The number of rotatable bonds is 10. The van der Waals surface area contributed by atoms with Gasteiger partial charge in [0.25, 0.3) is 0 Å². The van der Waals surface area contributed by atoms with E-state index in [1.807, 2.05) is 0 Å². The normalized spacial score (nSPS) is 13.4. The number of fused-ring (bicyclic) bond motifs is 3. The summed E-state index contributed by atoms with van der Waals surface area (Å²) >= 11 is 0. The van der Waals surface area contributed by atoms with Crippen LogP contribution in [0.15, 0.2) is 273 Å². The van der Waals surface area contributed by atoms with E-state index >= 15 is 0 Å². The maximum atomic E-state index is 2.49. The van der Waals surface area contributed by atoms with Gasteiger partial charge in [-0.15, -0.1) is 0 Å². The van der Waals surface area contributed by atoms with Crippen LogP contribution in [0, 0.1) is 0 Å². The number of para-hydroxylation sites is 1. The molecule has 0 spiro atoms. The van der Waals surface area contributed by atoms with E-state index in [1.54, 1.807) is 0 Å². The zero-order chi connectivity index (χ0) is 45.2. The molecule has 0 fully saturated rings. The van der Waals surface area contributed by atoms with E-state index < -0.39 is 0 Å². The van der Waals surface area contributed by atoms with Crippen LogP contribution in [-0.4, -0.2) is 4.57 Å². The minimum atomic E-state index is 0.202. The third-order valence-corrected chi connectivity index (χ3v) is 13.5. The predicted octanol–water partition coefficient (Wildman–Crippen LogP) is 18.0. The maximum absolute atomic E-state index is 2.49. The molecule has 1 heterocycles. The van der Waals surface area contributed by atoms with Crippen molar-refractivity contribution in [1.82, 2.24) is 4.57 Å². The van der Waals surface area contributed by atoms with Gasteiger partial charge in [-0.1, -0.05) is 212 Å². The summed E-state index contributed by atoms with van der Waals surface area (Å²) in [6.45, 7) is 0. The summed E-state index contributed by atoms with van der Waals surface area (Å²) < 4.78 is 2.42. The lowest BCUT2D eigenvalue weighted by Crippen LogP contribution is -2.11. The van der Waals surface area contributed by atoms with E-state index in [0.29, 0.717) is 0 Å². The van der Waals surface area contributed by atoms with Crippen molar-refractivity contribution in [2.24, 2.45) is 0 Å². The van der Waals surface area contributed by atoms with Crippen molar-refractivity contribution in [2.75, 3.05) is 4.90 Å². The highest BCUT2D eigenvalue weighted by Crippen LogP contribution is 2.42. The van der Waals surface area contributed by atoms with Crippen molar-refractivity contribution >= 4 is 44.4 Å². The van der Waals surface area contributed by atoms with Crippen LogP contribution in [0.25, 0.3) is 77.6 Å². The largest absolute Gasteiger partial charge is 0.310 e. The number of anilines is 3. The third-order valence-electron chi connectivity index (χ3n) is 13.5. The molecule has 11 aromatic rings. The van der Waals surface area contributed by atoms with E-state index in [4.69, 9.17) is 0 Å². The second kappa shape index (κ2) is 17.9. The first-order valence-corrected chi connectivity index (χ1v) is 23.6. The summed E-state index contributed by atoms with van der Waals surface area (Å²) in [6, 6.07) is 92.5. The van der Waals surface area contributed by atoms with Gasteiger partial charge in [0.15, 0.2) is 0 Å². The molecule has 1 unspecified atom stereocenters. The second-order valence-corrected chi connectivity index (χ2v) is 17.7. The number of benzene rings is 10. The highest BCUT2D eigenvalue weighted by Gasteiger charge is 2.21. The Hall–Kier alpha value is -8.72. The maximum Gasteiger partial charge on any atom is 0.0547 e. The fraction of sp³-hybridized carbons (Fsp3) is 0.0303. The fourth-order valence-corrected chi connectivity index (χ4v) is 10.1. The first-order valence-electron chi connectivity index (χ1n) is 23.6. The monoisotopic (exact) mass is 868 g/mol. The molecule has 0 amide bonds. The minimum Gasteiger partial charge on any atom is -0.310 e. The summed E-state index contributed by atoms with van der Waals surface area (Å²) in [5.74, 6) is 0.202. The van der Waals surface area contributed by atoms with Crippen molar-refractivity contribution in [3.05, 3.63) is 284 Å². The molecular weight excluding hydrogens is 821 g/mol. The van der Waals surface area contributed by atoms with Crippen LogP contribution < -0.4 is 4.90 Å². The zero-order valence-corrected chi connectivity index (χ0v) is 37.7. The fourth-order valence-electron chi connectivity index (χ4n) is 10.1. The molecule has 68 heavy (non-hydrogen) atoms. The van der Waals surface area contributed by atoms with Crippen molar-refractivity contribution in [3.8, 4) is 50.2 Å². The Balaban J connectivity index is 0.896. The van der Waals surface area contributed by atoms with E-state index in [9.17, 15) is 0 Å². The van der Waals surface area contributed by atoms with Crippen LogP contribution >= 0.6 is 0 Å². The molecule has 0 bridgehead atoms. The van der Waals surface area contributed by atoms with Crippen molar-refractivity contribution in [1.29, 1.82) is 0 Å². The standard InChI is InChI=1S/C66H48N2/c1-4-15-47(16-5-1)50-29-31-51(32-30-50)54-35-41-59(42-36-54)67(58-39-33-52(34-40-58)48-17-6-2-7-18-48)61-24-13-22-56(46-61)55-21-12-23-57(45-55)62-26-14-28-65-66(62)63-25-10-11-27-64(63)68(65)60-43-37-53(38-44-60)49-19-8-3-9-20-49/h1-20,22-46,55H,21H2. The molecule has 322 valence electrons. The summed E-state index contributed by atoms with van der Waals surface area (Å²) in [4.78, 5) is 2.39. The third kappa shape index (κ3) is 7.82. The number of allylic oxidation sites excluding steroid dienone is 4. The van der Waals surface area contributed by atoms with E-state index in [2.05, 4.69) is 282 Å². The van der Waals surface area contributed by atoms with Crippen molar-refractivity contribution in [3.63, 3.8) is 0 Å². The molecule has 12 rings (SSSR count). The predicted molar refractivity (Wildman–Crippen MR) is 288 cm³/mol. The van der Waals surface area contributed by atoms with Crippen LogP contribution in [0.1, 0.15) is 23.5 Å². The van der Waals surface area contributed by atoms with Crippen LogP contribution in [-0.2, 0) is 0 Å². The molecule has 0 saturated carbocycles. The smallest absolute Gasteiger partial charge is 0.0547 e. The van der Waals surface area contributed by atoms with Crippen molar-refractivity contribution < 1.29 is 0 Å². The van der Waals surface area contributed by atoms with E-state index in [-0.39, 0.29) is 5.92 Å². The van der Waals surface area contributed by atoms with Gasteiger partial charge in [0.2, 0.25) is 0 Å². The van der Waals surface area contributed by atoms with Gasteiger partial charge in [0.05, 0.1) is 11.0 Å². The lowest BCUT2D eigenvalue weighted by atomic mass is 9.86. The minimum absolute atomic E-state index is 0.202. The van der Waals surface area contributed by atoms with Gasteiger partial charge in [0.1, 0.15) is 0 Å². The number of hydrogen-bond donors (Lipinski definition) is 0. The highest BCUT2D eigenvalue weighted by molar-refractivity contribution is 6.14. The summed E-state index contributed by atoms with van der Waals surface area (Å²) in [5, 5.41) is 2.54. The molecule has 2 heteroatoms. The SMILES string of the molecule is C1=CC(c2cccc3c2c2ccccc2n3-c2ccc(-c3ccccc3)cc2)=CC(c2cccc(N(c3ccc(-c4ccccc4)cc3)c3ccc(-c4ccc(-c5ccccc5)cc4)cc3)c2)C1. The zero-order valence-electron chi connectivity index (χ0n) is 37.7. The Kier molecular flexibility index (Phi) is 10.7. The average Bonchev–Trinajstić information content (AvgIpc) is 3.77. The van der Waals surface area contributed by atoms with Crippen molar-refractivity contribution in [2.45, 2.75) is 12.3 Å². The highest BCUT2D eigenvalue weighted by atomic mass is 15.1. The van der Waals surface area contributed by atoms with Gasteiger partial charge < -0.3 is 9.47 Å². The molecule has 0 radical (unpaired) electrons. The Bertz CT molecular complexity index is 3580. The topological polar surface area (TPSA) is 8.17 Å². The molecule has 0 N–H and O–H groups in total. The molecule has 0 aliphatic heterocycles. The van der Waals surface area contributed by atoms with Gasteiger partial charge in [-0.05, 0) is 128 Å². The number of aromatic nitrogens is 1. The molecular formula is C66H48N2. The quantitative estimate of drug-likeness (QED) is 0.133. The molecule has 0 saturated heterocycles. The molecule has 2 nitrogen and oxygen atoms in total. The molecule has 1 atom stereocenters. The van der Waals surface area contributed by atoms with Crippen LogP contribution in [0.5, 0.6) is 0 Å². The number of hydrogen-bond acceptors (Lipinski definition) is 1. The molecule has 1 aliphatic rings. The van der Waals surface area contributed by atoms with Crippen LogP contribution in [0.3, 0.4) is 0 Å². The Labute approximate surface area is 398 Å². The van der Waals surface area contributed by atoms with Gasteiger partial charge >= 0.3 is 0 Å². The summed E-state index contributed by atoms with van der Waals surface area (Å²) in [5.41, 5.74) is 20.4. The molecule has 1 aliphatic carbocycles. The van der Waals surface area contributed by atoms with Gasteiger partial charge in [-0.2, -0.15) is 0 Å². The van der Waals surface area contributed by atoms with Gasteiger partial charge in [0, 0.05) is 39.4 Å². The Morgan fingerprint density at radius 2 is 0.824 bits per heavy atom. The second-order valence-electron chi connectivity index (χ2n) is 17.7. The lowest BCUT2D eigenvalue weighted by molar-refractivity contribution is 0.857. The lowest BCUT2D eigenvalue weighted by Gasteiger charge is -2.27. The first kappa shape index (κ1) is 40.8. The van der Waals surface area contributed by atoms with Gasteiger partial charge in [-0.3, -0.25) is 0 Å². The van der Waals surface area contributed by atoms with E-state index in [0.717, 1.165) is 29.2 Å².